The van der Waals surface area contributed by atoms with Crippen LogP contribution >= 0.6 is 27.7 Å². The van der Waals surface area contributed by atoms with E-state index in [0.29, 0.717) is 15.7 Å². The van der Waals surface area contributed by atoms with E-state index in [1.807, 2.05) is 31.2 Å². The molecule has 4 nitrogen and oxygen atoms in total. The molecule has 0 radical (unpaired) electrons. The summed E-state index contributed by atoms with van der Waals surface area (Å²) in [6.07, 6.45) is 0. The highest BCUT2D eigenvalue weighted by Gasteiger charge is 2.35. The molecule has 1 N–H and O–H groups in total. The minimum absolute atomic E-state index is 0.142. The lowest BCUT2D eigenvalue weighted by Crippen LogP contribution is -2.28. The lowest BCUT2D eigenvalue weighted by molar-refractivity contribution is -0.115. The third-order valence-corrected chi connectivity index (χ3v) is 6.68. The fourth-order valence-corrected chi connectivity index (χ4v) is 4.98. The van der Waals surface area contributed by atoms with Crippen LogP contribution in [0, 0.1) is 12.7 Å². The van der Waals surface area contributed by atoms with Gasteiger partial charge in [-0.1, -0.05) is 30.3 Å². The summed E-state index contributed by atoms with van der Waals surface area (Å²) in [4.78, 5) is 26.7. The maximum Gasteiger partial charge on any atom is 0.256 e. The molecule has 0 aliphatic carbocycles. The number of carbonyl (C=O) groups excluding carboxylic acids is 2. The number of rotatable bonds is 4. The number of nitrogens with one attached hydrogen (secondary N) is 1. The molecular weight excluding hydrogens is 467 g/mol. The summed E-state index contributed by atoms with van der Waals surface area (Å²) in [5.41, 5.74) is 3.10. The van der Waals surface area contributed by atoms with Gasteiger partial charge in [-0.15, -0.1) is 11.8 Å². The molecule has 152 valence electrons. The Bertz CT molecular complexity index is 1140. The van der Waals surface area contributed by atoms with Crippen LogP contribution in [0.1, 0.15) is 26.9 Å². The number of hydrogen-bond acceptors (Lipinski definition) is 3. The summed E-state index contributed by atoms with van der Waals surface area (Å²) >= 11 is 4.82. The van der Waals surface area contributed by atoms with Crippen molar-refractivity contribution in [2.24, 2.45) is 0 Å². The number of benzene rings is 3. The van der Waals surface area contributed by atoms with Crippen LogP contribution in [-0.4, -0.2) is 17.6 Å². The van der Waals surface area contributed by atoms with Crippen LogP contribution in [0.5, 0.6) is 0 Å². The number of thioether (sulfide) groups is 1. The van der Waals surface area contributed by atoms with Crippen molar-refractivity contribution in [2.45, 2.75) is 12.3 Å². The van der Waals surface area contributed by atoms with Crippen LogP contribution in [0.4, 0.5) is 15.8 Å². The predicted molar refractivity (Wildman–Crippen MR) is 122 cm³/mol. The first-order chi connectivity index (χ1) is 14.4. The highest BCUT2D eigenvalue weighted by molar-refractivity contribution is 9.10. The number of anilines is 2. The van der Waals surface area contributed by atoms with Gasteiger partial charge in [-0.05, 0) is 70.4 Å². The van der Waals surface area contributed by atoms with Crippen LogP contribution in [-0.2, 0) is 4.79 Å². The lowest BCUT2D eigenvalue weighted by atomic mass is 10.1. The van der Waals surface area contributed by atoms with Gasteiger partial charge in [0.1, 0.15) is 11.2 Å². The van der Waals surface area contributed by atoms with Gasteiger partial charge < -0.3 is 5.32 Å². The second kappa shape index (κ2) is 8.62. The molecule has 2 amide bonds. The molecule has 4 rings (SSSR count). The number of hydrogen-bond donors (Lipinski definition) is 1. The molecule has 0 spiro atoms. The van der Waals surface area contributed by atoms with Crippen molar-refractivity contribution in [1.29, 1.82) is 0 Å². The highest BCUT2D eigenvalue weighted by atomic mass is 79.9. The smallest absolute Gasteiger partial charge is 0.256 e. The van der Waals surface area contributed by atoms with Gasteiger partial charge in [0, 0.05) is 10.2 Å². The van der Waals surface area contributed by atoms with Gasteiger partial charge in [-0.3, -0.25) is 14.5 Å². The average molecular weight is 485 g/mol. The lowest BCUT2D eigenvalue weighted by Gasteiger charge is -2.25. The largest absolute Gasteiger partial charge is 0.322 e. The zero-order valence-electron chi connectivity index (χ0n) is 16.1. The third-order valence-electron chi connectivity index (χ3n) is 4.78. The van der Waals surface area contributed by atoms with E-state index in [4.69, 9.17) is 0 Å². The normalized spacial score (nSPS) is 16.0. The van der Waals surface area contributed by atoms with Gasteiger partial charge in [0.2, 0.25) is 5.91 Å². The number of aryl methyl sites for hydroxylation is 1. The van der Waals surface area contributed by atoms with Gasteiger partial charge in [0.25, 0.3) is 5.91 Å². The van der Waals surface area contributed by atoms with Gasteiger partial charge in [0.05, 0.1) is 17.0 Å². The van der Waals surface area contributed by atoms with E-state index < -0.39 is 5.82 Å². The van der Waals surface area contributed by atoms with Crippen LogP contribution in [0.25, 0.3) is 0 Å². The zero-order chi connectivity index (χ0) is 21.3. The minimum Gasteiger partial charge on any atom is -0.322 e. The molecule has 1 saturated heterocycles. The first-order valence-electron chi connectivity index (χ1n) is 9.29. The van der Waals surface area contributed by atoms with Gasteiger partial charge in [0.15, 0.2) is 0 Å². The molecule has 1 heterocycles. The number of nitrogens with zero attached hydrogens (tertiary/aromatic N) is 1. The molecular formula is C23H18BrFN2O2S. The van der Waals surface area contributed by atoms with E-state index in [9.17, 15) is 14.0 Å². The predicted octanol–water partition coefficient (Wildman–Crippen LogP) is 5.93. The van der Waals surface area contributed by atoms with Crippen molar-refractivity contribution in [1.82, 2.24) is 0 Å². The van der Waals surface area contributed by atoms with Crippen molar-refractivity contribution < 1.29 is 14.0 Å². The summed E-state index contributed by atoms with van der Waals surface area (Å²) in [6, 6.07) is 19.2. The molecule has 3 aromatic rings. The number of carbonyl (C=O) groups is 2. The highest BCUT2D eigenvalue weighted by Crippen LogP contribution is 2.43. The Kier molecular flexibility index (Phi) is 5.92. The topological polar surface area (TPSA) is 49.4 Å². The molecule has 30 heavy (non-hydrogen) atoms. The zero-order valence-corrected chi connectivity index (χ0v) is 18.5. The Labute approximate surface area is 186 Å². The Morgan fingerprint density at radius 2 is 1.93 bits per heavy atom. The molecule has 1 fully saturated rings. The number of amides is 2. The van der Waals surface area contributed by atoms with E-state index in [1.54, 1.807) is 36.4 Å². The van der Waals surface area contributed by atoms with E-state index in [2.05, 4.69) is 21.2 Å². The molecule has 1 aliphatic heterocycles. The van der Waals surface area contributed by atoms with Crippen LogP contribution in [0.15, 0.2) is 71.2 Å². The monoisotopic (exact) mass is 484 g/mol. The fraction of sp³-hybridized carbons (Fsp3) is 0.130. The molecule has 1 atom stereocenters. The second-order valence-corrected chi connectivity index (χ2v) is 8.86. The maximum atomic E-state index is 14.5. The Morgan fingerprint density at radius 1 is 1.13 bits per heavy atom. The molecule has 0 unspecified atom stereocenters. The summed E-state index contributed by atoms with van der Waals surface area (Å²) in [5, 5.41) is 2.53. The summed E-state index contributed by atoms with van der Waals surface area (Å²) in [5.74, 6) is -0.542. The Morgan fingerprint density at radius 3 is 2.73 bits per heavy atom. The van der Waals surface area contributed by atoms with Crippen molar-refractivity contribution in [3.8, 4) is 0 Å². The molecule has 1 aliphatic rings. The fourth-order valence-electron chi connectivity index (χ4n) is 3.35. The average Bonchev–Trinajstić information content (AvgIpc) is 3.11. The second-order valence-electron chi connectivity index (χ2n) is 6.94. The molecule has 0 saturated carbocycles. The van der Waals surface area contributed by atoms with Crippen LogP contribution in [0.2, 0.25) is 0 Å². The van der Waals surface area contributed by atoms with Crippen molar-refractivity contribution in [3.63, 3.8) is 0 Å². The molecule has 0 bridgehead atoms. The maximum absolute atomic E-state index is 14.5. The SMILES string of the molecule is Cc1ccc(F)c(N2C(=O)CS[C@H]2c2cccc(NC(=O)c3ccccc3Br)c2)c1. The Balaban J connectivity index is 1.63. The first kappa shape index (κ1) is 20.6. The van der Waals surface area contributed by atoms with E-state index in [1.165, 1.54) is 22.7 Å². The summed E-state index contributed by atoms with van der Waals surface area (Å²) in [7, 11) is 0. The van der Waals surface area contributed by atoms with E-state index in [0.717, 1.165) is 11.1 Å². The number of halogens is 2. The standard InChI is InChI=1S/C23H18BrFN2O2S/c1-14-9-10-19(25)20(11-14)27-21(28)13-30-23(27)15-5-4-6-16(12-15)26-22(29)17-7-2-3-8-18(17)24/h2-12,23H,13H2,1H3,(H,26,29)/t23-/m0/s1. The first-order valence-corrected chi connectivity index (χ1v) is 11.1. The quantitative estimate of drug-likeness (QED) is 0.499. The van der Waals surface area contributed by atoms with E-state index in [-0.39, 0.29) is 28.6 Å². The summed E-state index contributed by atoms with van der Waals surface area (Å²) in [6.45, 7) is 1.86. The minimum atomic E-state index is -0.431. The van der Waals surface area contributed by atoms with Crippen molar-refractivity contribution >= 4 is 50.9 Å². The van der Waals surface area contributed by atoms with Crippen LogP contribution in [0.3, 0.4) is 0 Å². The van der Waals surface area contributed by atoms with Crippen molar-refractivity contribution in [3.05, 3.63) is 93.7 Å². The van der Waals surface area contributed by atoms with Gasteiger partial charge in [-0.25, -0.2) is 4.39 Å². The summed E-state index contributed by atoms with van der Waals surface area (Å²) < 4.78 is 15.2. The van der Waals surface area contributed by atoms with Crippen LogP contribution < -0.4 is 10.2 Å². The van der Waals surface area contributed by atoms with Crippen molar-refractivity contribution in [2.75, 3.05) is 16.0 Å². The molecule has 7 heteroatoms. The van der Waals surface area contributed by atoms with Gasteiger partial charge >= 0.3 is 0 Å². The third kappa shape index (κ3) is 4.13. The molecule has 0 aromatic heterocycles. The Hall–Kier alpha value is -2.64. The van der Waals surface area contributed by atoms with Gasteiger partial charge in [-0.2, -0.15) is 0 Å². The van der Waals surface area contributed by atoms with E-state index >= 15 is 0 Å². The molecule has 3 aromatic carbocycles.